The van der Waals surface area contributed by atoms with Gasteiger partial charge in [0.1, 0.15) is 0 Å². The molecule has 0 spiro atoms. The zero-order valence-corrected chi connectivity index (χ0v) is 11.2. The van der Waals surface area contributed by atoms with Crippen LogP contribution in [0.1, 0.15) is 0 Å². The lowest BCUT2D eigenvalue weighted by Gasteiger charge is -2.19. The van der Waals surface area contributed by atoms with Crippen LogP contribution in [0.15, 0.2) is 18.5 Å². The van der Waals surface area contributed by atoms with Crippen molar-refractivity contribution in [1.29, 1.82) is 0 Å². The van der Waals surface area contributed by atoms with Crippen molar-refractivity contribution in [1.82, 2.24) is 4.98 Å². The van der Waals surface area contributed by atoms with Gasteiger partial charge in [-0.2, -0.15) is 3.71 Å². The van der Waals surface area contributed by atoms with E-state index in [4.69, 9.17) is 10.0 Å². The second-order valence-corrected chi connectivity index (χ2v) is 7.47. The first-order valence-electron chi connectivity index (χ1n) is 4.55. The van der Waals surface area contributed by atoms with Crippen molar-refractivity contribution < 1.29 is 26.9 Å². The molecule has 0 radical (unpaired) electrons. The van der Waals surface area contributed by atoms with Gasteiger partial charge in [0.2, 0.25) is 20.0 Å². The van der Waals surface area contributed by atoms with Crippen molar-refractivity contribution in [2.75, 3.05) is 16.2 Å². The molecule has 0 amide bonds. The van der Waals surface area contributed by atoms with E-state index < -0.39 is 27.2 Å². The van der Waals surface area contributed by atoms with Crippen LogP contribution in [0, 0.1) is 0 Å². The first-order chi connectivity index (χ1) is 8.03. The molecular weight excluding hydrogens is 283 g/mol. The van der Waals surface area contributed by atoms with Crippen molar-refractivity contribution in [3.8, 4) is 0 Å². The predicted octanol–water partition coefficient (Wildman–Crippen LogP) is -2.51. The van der Waals surface area contributed by atoms with E-state index in [2.05, 4.69) is 4.98 Å². The zero-order valence-electron chi connectivity index (χ0n) is 9.55. The van der Waals surface area contributed by atoms with E-state index in [1.165, 1.54) is 0 Å². The van der Waals surface area contributed by atoms with Gasteiger partial charge in [-0.1, -0.05) is 0 Å². The van der Waals surface area contributed by atoms with Crippen LogP contribution in [0.25, 0.3) is 0 Å². The summed E-state index contributed by atoms with van der Waals surface area (Å²) in [4.78, 5) is 3.56. The zero-order chi connectivity index (χ0) is 14.1. The predicted molar refractivity (Wildman–Crippen MR) is 66.2 cm³/mol. The van der Waals surface area contributed by atoms with E-state index >= 15 is 0 Å². The highest BCUT2D eigenvalue weighted by Crippen LogP contribution is 2.18. The Balaban J connectivity index is 3.46. The number of nitrogens with zero attached hydrogens (tertiary/aromatic N) is 2. The number of anilines is 1. The fourth-order valence-electron chi connectivity index (χ4n) is 1.31. The average molecular weight is 294 g/mol. The van der Waals surface area contributed by atoms with E-state index in [1.54, 1.807) is 0 Å². The molecule has 0 aromatic carbocycles. The fraction of sp³-hybridized carbons (Fsp3) is 0.286. The van der Waals surface area contributed by atoms with Crippen molar-refractivity contribution in [3.63, 3.8) is 0 Å². The Morgan fingerprint density at radius 2 is 1.61 bits per heavy atom. The largest absolute Gasteiger partial charge is 0.490 e. The van der Waals surface area contributed by atoms with Crippen LogP contribution in [-0.4, -0.2) is 51.5 Å². The summed E-state index contributed by atoms with van der Waals surface area (Å²) < 4.78 is 46.0. The van der Waals surface area contributed by atoms with E-state index in [0.29, 0.717) is 0 Å². The molecule has 1 aromatic heterocycles. The maximum absolute atomic E-state index is 11.5. The van der Waals surface area contributed by atoms with Crippen molar-refractivity contribution in [3.05, 3.63) is 18.5 Å². The smallest absolute Gasteiger partial charge is 0.423 e. The van der Waals surface area contributed by atoms with E-state index in [0.717, 1.165) is 31.0 Å². The van der Waals surface area contributed by atoms with E-state index in [-0.39, 0.29) is 14.9 Å². The maximum atomic E-state index is 11.5. The number of aromatic nitrogens is 1. The Morgan fingerprint density at radius 3 is 2.00 bits per heavy atom. The van der Waals surface area contributed by atoms with E-state index in [1.807, 2.05) is 0 Å². The van der Waals surface area contributed by atoms with E-state index in [9.17, 15) is 16.8 Å². The lowest BCUT2D eigenvalue weighted by molar-refractivity contribution is 0.425. The molecule has 18 heavy (non-hydrogen) atoms. The Bertz CT molecular complexity index is 610. The molecule has 0 aliphatic carbocycles. The van der Waals surface area contributed by atoms with Crippen molar-refractivity contribution in [2.45, 2.75) is 0 Å². The summed E-state index contributed by atoms with van der Waals surface area (Å²) in [6.07, 6.45) is 3.51. The first-order valence-corrected chi connectivity index (χ1v) is 8.24. The van der Waals surface area contributed by atoms with Gasteiger partial charge in [0.15, 0.2) is 0 Å². The van der Waals surface area contributed by atoms with Crippen molar-refractivity contribution >= 4 is 38.3 Å². The highest BCUT2D eigenvalue weighted by atomic mass is 32.3. The van der Waals surface area contributed by atoms with Crippen LogP contribution < -0.4 is 9.17 Å². The van der Waals surface area contributed by atoms with Gasteiger partial charge in [-0.05, 0) is 6.07 Å². The van der Waals surface area contributed by atoms with Gasteiger partial charge in [-0.3, -0.25) is 4.98 Å². The van der Waals surface area contributed by atoms with Crippen LogP contribution >= 0.6 is 0 Å². The molecule has 0 aliphatic heterocycles. The van der Waals surface area contributed by atoms with Crippen LogP contribution in [0.5, 0.6) is 0 Å². The normalized spacial score (nSPS) is 12.2. The highest BCUT2D eigenvalue weighted by Gasteiger charge is 2.28. The molecule has 0 atom stereocenters. The lowest BCUT2D eigenvalue weighted by Crippen LogP contribution is -2.37. The Morgan fingerprint density at radius 1 is 1.11 bits per heavy atom. The van der Waals surface area contributed by atoms with Gasteiger partial charge >= 0.3 is 7.12 Å². The molecule has 0 unspecified atom stereocenters. The molecule has 1 rings (SSSR count). The third-order valence-electron chi connectivity index (χ3n) is 1.86. The number of pyridine rings is 1. The molecule has 1 aromatic rings. The highest BCUT2D eigenvalue weighted by molar-refractivity contribution is 8.09. The molecule has 1 heterocycles. The summed E-state index contributed by atoms with van der Waals surface area (Å²) >= 11 is 0. The maximum Gasteiger partial charge on any atom is 0.490 e. The summed E-state index contributed by atoms with van der Waals surface area (Å²) in [5, 5.41) is 17.9. The summed E-state index contributed by atoms with van der Waals surface area (Å²) in [5.74, 6) is 0. The molecule has 0 saturated carbocycles. The summed E-state index contributed by atoms with van der Waals surface area (Å²) in [6, 6.07) is 1.01. The monoisotopic (exact) mass is 294 g/mol. The molecule has 0 fully saturated rings. The second-order valence-electron chi connectivity index (χ2n) is 3.57. The average Bonchev–Trinajstić information content (AvgIpc) is 2.13. The summed E-state index contributed by atoms with van der Waals surface area (Å²) in [5.41, 5.74) is -0.407. The molecule has 8 nitrogen and oxygen atoms in total. The van der Waals surface area contributed by atoms with Gasteiger partial charge in [0, 0.05) is 11.7 Å². The van der Waals surface area contributed by atoms with Crippen LogP contribution in [0.3, 0.4) is 0 Å². The van der Waals surface area contributed by atoms with Gasteiger partial charge in [-0.25, -0.2) is 16.8 Å². The molecule has 0 saturated heterocycles. The fourth-order valence-corrected chi connectivity index (χ4v) is 4.25. The molecule has 2 N–H and O–H groups in total. The van der Waals surface area contributed by atoms with Gasteiger partial charge < -0.3 is 10.0 Å². The number of sulfonamides is 2. The van der Waals surface area contributed by atoms with Crippen LogP contribution in [-0.2, 0) is 20.0 Å². The van der Waals surface area contributed by atoms with Crippen molar-refractivity contribution in [2.24, 2.45) is 0 Å². The lowest BCUT2D eigenvalue weighted by atomic mass is 9.81. The molecule has 100 valence electrons. The Kier molecular flexibility index (Phi) is 4.00. The number of hydrogen-bond acceptors (Lipinski definition) is 7. The third-order valence-corrected chi connectivity index (χ3v) is 5.11. The van der Waals surface area contributed by atoms with Gasteiger partial charge in [0.05, 0.1) is 24.4 Å². The topological polar surface area (TPSA) is 125 Å². The quantitative estimate of drug-likeness (QED) is 0.587. The van der Waals surface area contributed by atoms with Gasteiger partial charge in [0.25, 0.3) is 0 Å². The number of rotatable bonds is 4. The Labute approximate surface area is 105 Å². The standard InChI is InChI=1S/C7H11BN2O6S2/c1-17(13,14)10(18(2,15)16)7-3-6(8(11)12)4-9-5-7/h3-5,11-12H,1-2H3. The second kappa shape index (κ2) is 4.84. The van der Waals surface area contributed by atoms with Crippen LogP contribution in [0.4, 0.5) is 5.69 Å². The van der Waals surface area contributed by atoms with Crippen LogP contribution in [0.2, 0.25) is 0 Å². The number of hydrogen-bond donors (Lipinski definition) is 2. The summed E-state index contributed by atoms with van der Waals surface area (Å²) in [7, 11) is -10.0. The molecule has 0 bridgehead atoms. The minimum atomic E-state index is -4.08. The SMILES string of the molecule is CS(=O)(=O)N(c1cncc(B(O)O)c1)S(C)(=O)=O. The Hall–Kier alpha value is -1.17. The third kappa shape index (κ3) is 3.42. The first kappa shape index (κ1) is 14.9. The molecule has 0 aliphatic rings. The van der Waals surface area contributed by atoms with Gasteiger partial charge in [-0.15, -0.1) is 0 Å². The minimum absolute atomic E-state index is 0.121. The molecular formula is C7H11BN2O6S2. The summed E-state index contributed by atoms with van der Waals surface area (Å²) in [6.45, 7) is 0. The molecule has 11 heteroatoms. The minimum Gasteiger partial charge on any atom is -0.423 e.